The maximum Gasteiger partial charge on any atom is 0.167 e. The summed E-state index contributed by atoms with van der Waals surface area (Å²) in [4.78, 5) is 12.1. The number of aromatic nitrogens is 2. The van der Waals surface area contributed by atoms with Crippen LogP contribution < -0.4 is 0 Å². The molecule has 1 rings (SSSR count). The van der Waals surface area contributed by atoms with Crippen molar-refractivity contribution in [1.82, 2.24) is 10.2 Å². The predicted octanol–water partition coefficient (Wildman–Crippen LogP) is 1.95. The topological polar surface area (TPSA) is 52.1 Å². The summed E-state index contributed by atoms with van der Waals surface area (Å²) < 4.78 is 4.97. The van der Waals surface area contributed by atoms with Gasteiger partial charge in [0.15, 0.2) is 5.78 Å². The van der Waals surface area contributed by atoms with E-state index in [9.17, 15) is 4.79 Å². The number of hydrogen-bond acceptors (Lipinski definition) is 4. The summed E-state index contributed by atoms with van der Waals surface area (Å²) in [6.07, 6.45) is 0.732. The van der Waals surface area contributed by atoms with Crippen molar-refractivity contribution in [2.45, 2.75) is 27.2 Å². The van der Waals surface area contributed by atoms with E-state index in [1.54, 1.807) is 13.2 Å². The third-order valence-corrected chi connectivity index (χ3v) is 2.57. The van der Waals surface area contributed by atoms with Crippen molar-refractivity contribution >= 4 is 5.78 Å². The Hall–Kier alpha value is -1.29. The summed E-state index contributed by atoms with van der Waals surface area (Å²) in [5.41, 5.74) is 2.14. The first-order valence-corrected chi connectivity index (χ1v) is 5.40. The molecule has 0 radical (unpaired) electrons. The maximum absolute atomic E-state index is 12.1. The number of carbonyl (C=O) groups is 1. The van der Waals surface area contributed by atoms with Gasteiger partial charge in [-0.1, -0.05) is 6.92 Å². The molecule has 88 valence electrons. The van der Waals surface area contributed by atoms with Gasteiger partial charge >= 0.3 is 0 Å². The number of rotatable bonds is 5. The molecule has 1 aromatic heterocycles. The SMILES string of the molecule is COCCC(C)C(=O)c1cc(C)nnc1C. The van der Waals surface area contributed by atoms with E-state index in [0.717, 1.165) is 12.1 Å². The van der Waals surface area contributed by atoms with Crippen LogP contribution in [-0.2, 0) is 4.74 Å². The molecule has 16 heavy (non-hydrogen) atoms. The van der Waals surface area contributed by atoms with Gasteiger partial charge in [0.25, 0.3) is 0 Å². The minimum absolute atomic E-state index is 0.0396. The molecular formula is C12H18N2O2. The van der Waals surface area contributed by atoms with Crippen molar-refractivity contribution in [1.29, 1.82) is 0 Å². The van der Waals surface area contributed by atoms with Crippen LogP contribution in [-0.4, -0.2) is 29.7 Å². The van der Waals surface area contributed by atoms with E-state index in [-0.39, 0.29) is 11.7 Å². The van der Waals surface area contributed by atoms with Gasteiger partial charge in [-0.2, -0.15) is 10.2 Å². The molecule has 0 aromatic carbocycles. The Morgan fingerprint density at radius 3 is 2.75 bits per heavy atom. The van der Waals surface area contributed by atoms with Crippen LogP contribution in [0.2, 0.25) is 0 Å². The van der Waals surface area contributed by atoms with Crippen LogP contribution in [0.5, 0.6) is 0 Å². The lowest BCUT2D eigenvalue weighted by Gasteiger charge is -2.11. The van der Waals surface area contributed by atoms with Crippen LogP contribution in [0.3, 0.4) is 0 Å². The smallest absolute Gasteiger partial charge is 0.167 e. The predicted molar refractivity (Wildman–Crippen MR) is 61.5 cm³/mol. The summed E-state index contributed by atoms with van der Waals surface area (Å²) >= 11 is 0. The van der Waals surface area contributed by atoms with Gasteiger partial charge in [0.2, 0.25) is 0 Å². The fourth-order valence-electron chi connectivity index (χ4n) is 1.49. The Morgan fingerprint density at radius 1 is 1.44 bits per heavy atom. The summed E-state index contributed by atoms with van der Waals surface area (Å²) in [6.45, 7) is 6.16. The molecule has 1 aromatic rings. The first kappa shape index (κ1) is 12.8. The van der Waals surface area contributed by atoms with Gasteiger partial charge in [0.1, 0.15) is 0 Å². The number of carbonyl (C=O) groups excluding carboxylic acids is 1. The van der Waals surface area contributed by atoms with Crippen molar-refractivity contribution < 1.29 is 9.53 Å². The second kappa shape index (κ2) is 5.70. The van der Waals surface area contributed by atoms with Crippen molar-refractivity contribution in [3.8, 4) is 0 Å². The van der Waals surface area contributed by atoms with Crippen LogP contribution in [0, 0.1) is 19.8 Å². The number of hydrogen-bond donors (Lipinski definition) is 0. The lowest BCUT2D eigenvalue weighted by atomic mass is 9.96. The Kier molecular flexibility index (Phi) is 4.55. The first-order valence-electron chi connectivity index (χ1n) is 5.40. The monoisotopic (exact) mass is 222 g/mol. The fourth-order valence-corrected chi connectivity index (χ4v) is 1.49. The van der Waals surface area contributed by atoms with Crippen LogP contribution in [0.4, 0.5) is 0 Å². The molecule has 0 bridgehead atoms. The number of methoxy groups -OCH3 is 1. The average molecular weight is 222 g/mol. The third kappa shape index (κ3) is 3.10. The molecular weight excluding hydrogens is 204 g/mol. The van der Waals surface area contributed by atoms with Crippen molar-refractivity contribution in [3.63, 3.8) is 0 Å². The Bertz CT molecular complexity index is 377. The van der Waals surface area contributed by atoms with Crippen LogP contribution in [0.25, 0.3) is 0 Å². The van der Waals surface area contributed by atoms with Gasteiger partial charge in [-0.05, 0) is 26.3 Å². The Morgan fingerprint density at radius 2 is 2.12 bits per heavy atom. The molecule has 0 aliphatic carbocycles. The van der Waals surface area contributed by atoms with Gasteiger partial charge < -0.3 is 4.74 Å². The second-order valence-corrected chi connectivity index (χ2v) is 4.03. The Labute approximate surface area is 96.0 Å². The van der Waals surface area contributed by atoms with Crippen molar-refractivity contribution in [3.05, 3.63) is 23.0 Å². The highest BCUT2D eigenvalue weighted by Gasteiger charge is 2.17. The summed E-state index contributed by atoms with van der Waals surface area (Å²) in [5.74, 6) is 0.0785. The standard InChI is InChI=1S/C12H18N2O2/c1-8(5-6-16-4)12(15)11-7-9(2)13-14-10(11)3/h7-8H,5-6H2,1-4H3. The molecule has 0 N–H and O–H groups in total. The van der Waals surface area contributed by atoms with Crippen LogP contribution >= 0.6 is 0 Å². The summed E-state index contributed by atoms with van der Waals surface area (Å²) in [6, 6.07) is 1.80. The minimum atomic E-state index is -0.0396. The van der Waals surface area contributed by atoms with E-state index in [1.165, 1.54) is 0 Å². The fraction of sp³-hybridized carbons (Fsp3) is 0.583. The molecule has 1 unspecified atom stereocenters. The van der Waals surface area contributed by atoms with Crippen LogP contribution in [0.15, 0.2) is 6.07 Å². The molecule has 4 heteroatoms. The van der Waals surface area contributed by atoms with Gasteiger partial charge in [-0.15, -0.1) is 0 Å². The van der Waals surface area contributed by atoms with E-state index in [4.69, 9.17) is 4.74 Å². The second-order valence-electron chi connectivity index (χ2n) is 4.03. The molecule has 1 atom stereocenters. The number of nitrogens with zero attached hydrogens (tertiary/aromatic N) is 2. The van der Waals surface area contributed by atoms with Gasteiger partial charge in [0, 0.05) is 25.2 Å². The van der Waals surface area contributed by atoms with E-state index >= 15 is 0 Å². The molecule has 0 fully saturated rings. The maximum atomic E-state index is 12.1. The minimum Gasteiger partial charge on any atom is -0.385 e. The molecule has 0 saturated carbocycles. The zero-order valence-electron chi connectivity index (χ0n) is 10.3. The van der Waals surface area contributed by atoms with Gasteiger partial charge in [0.05, 0.1) is 11.4 Å². The number of ketones is 1. The lowest BCUT2D eigenvalue weighted by molar-refractivity contribution is 0.0892. The van der Waals surface area contributed by atoms with Crippen molar-refractivity contribution in [2.75, 3.05) is 13.7 Å². The molecule has 0 aliphatic heterocycles. The highest BCUT2D eigenvalue weighted by Crippen LogP contribution is 2.14. The lowest BCUT2D eigenvalue weighted by Crippen LogP contribution is -2.16. The molecule has 0 aliphatic rings. The average Bonchev–Trinajstić information content (AvgIpc) is 2.28. The third-order valence-electron chi connectivity index (χ3n) is 2.57. The molecule has 0 saturated heterocycles. The zero-order chi connectivity index (χ0) is 12.1. The molecule has 0 amide bonds. The number of Topliss-reactive ketones (excluding diaryl/α,β-unsaturated/α-hetero) is 1. The van der Waals surface area contributed by atoms with Gasteiger partial charge in [-0.3, -0.25) is 4.79 Å². The van der Waals surface area contributed by atoms with E-state index in [1.807, 2.05) is 20.8 Å². The van der Waals surface area contributed by atoms with E-state index in [0.29, 0.717) is 17.9 Å². The highest BCUT2D eigenvalue weighted by molar-refractivity contribution is 5.98. The number of aryl methyl sites for hydroxylation is 2. The van der Waals surface area contributed by atoms with E-state index in [2.05, 4.69) is 10.2 Å². The summed E-state index contributed by atoms with van der Waals surface area (Å²) in [5, 5.41) is 7.88. The van der Waals surface area contributed by atoms with E-state index < -0.39 is 0 Å². The van der Waals surface area contributed by atoms with Gasteiger partial charge in [-0.25, -0.2) is 0 Å². The largest absolute Gasteiger partial charge is 0.385 e. The molecule has 1 heterocycles. The van der Waals surface area contributed by atoms with Crippen molar-refractivity contribution in [2.24, 2.45) is 5.92 Å². The highest BCUT2D eigenvalue weighted by atomic mass is 16.5. The first-order chi connectivity index (χ1) is 7.56. The zero-order valence-corrected chi connectivity index (χ0v) is 10.3. The number of ether oxygens (including phenoxy) is 1. The molecule has 4 nitrogen and oxygen atoms in total. The molecule has 0 spiro atoms. The quantitative estimate of drug-likeness (QED) is 0.714. The van der Waals surface area contributed by atoms with Crippen LogP contribution in [0.1, 0.15) is 35.1 Å². The normalized spacial score (nSPS) is 12.5. The summed E-state index contributed by atoms with van der Waals surface area (Å²) in [7, 11) is 1.64. The Balaban J connectivity index is 2.83.